The minimum Gasteiger partial charge on any atom is -0.382 e. The summed E-state index contributed by atoms with van der Waals surface area (Å²) in [7, 11) is 0. The van der Waals surface area contributed by atoms with Gasteiger partial charge in [0, 0.05) is 5.57 Å². The van der Waals surface area contributed by atoms with Crippen molar-refractivity contribution < 1.29 is 0 Å². The molecular formula is C14H12N6. The number of hydrogen-bond acceptors (Lipinski definition) is 5. The second-order valence-corrected chi connectivity index (χ2v) is 4.19. The van der Waals surface area contributed by atoms with Gasteiger partial charge in [0.2, 0.25) is 0 Å². The number of nitrogens with one attached hydrogen (secondary N) is 1. The van der Waals surface area contributed by atoms with Crippen LogP contribution in [0.2, 0.25) is 0 Å². The molecule has 0 radical (unpaired) electrons. The van der Waals surface area contributed by atoms with E-state index in [2.05, 4.69) is 32.0 Å². The maximum Gasteiger partial charge on any atom is 0.150 e. The predicted molar refractivity (Wildman–Crippen MR) is 76.4 cm³/mol. The number of rotatable bonds is 3. The van der Waals surface area contributed by atoms with Crippen molar-refractivity contribution in [2.24, 2.45) is 0 Å². The normalized spacial score (nSPS) is 10.4. The van der Waals surface area contributed by atoms with Gasteiger partial charge in [-0.1, -0.05) is 36.9 Å². The van der Waals surface area contributed by atoms with E-state index in [9.17, 15) is 0 Å². The second-order valence-electron chi connectivity index (χ2n) is 4.19. The van der Waals surface area contributed by atoms with E-state index in [0.29, 0.717) is 22.9 Å². The third-order valence-electron chi connectivity index (χ3n) is 2.89. The van der Waals surface area contributed by atoms with E-state index in [0.717, 1.165) is 11.1 Å². The topological polar surface area (TPSA) is 93.4 Å². The summed E-state index contributed by atoms with van der Waals surface area (Å²) < 4.78 is 0. The van der Waals surface area contributed by atoms with Crippen molar-refractivity contribution in [3.05, 3.63) is 60.6 Å². The number of aromatic amines is 1. The molecule has 0 atom stereocenters. The SMILES string of the molecule is C=C(c1ccccc1)c1ncc(-c2cn[nH]n2)nc1N. The van der Waals surface area contributed by atoms with Crippen LogP contribution in [0.15, 0.2) is 49.3 Å². The molecule has 20 heavy (non-hydrogen) atoms. The quantitative estimate of drug-likeness (QED) is 0.753. The molecule has 0 aliphatic rings. The first kappa shape index (κ1) is 12.0. The Hall–Kier alpha value is -3.02. The lowest BCUT2D eigenvalue weighted by Crippen LogP contribution is -2.02. The zero-order chi connectivity index (χ0) is 13.9. The van der Waals surface area contributed by atoms with Gasteiger partial charge in [-0.15, -0.1) is 0 Å². The van der Waals surface area contributed by atoms with Crippen LogP contribution in [0, 0.1) is 0 Å². The van der Waals surface area contributed by atoms with Gasteiger partial charge in [-0.3, -0.25) is 4.98 Å². The van der Waals surface area contributed by atoms with Crippen molar-refractivity contribution >= 4 is 11.4 Å². The summed E-state index contributed by atoms with van der Waals surface area (Å²) in [6.07, 6.45) is 3.17. The molecule has 98 valence electrons. The molecule has 0 saturated heterocycles. The molecule has 0 spiro atoms. The van der Waals surface area contributed by atoms with Gasteiger partial charge >= 0.3 is 0 Å². The first-order valence-electron chi connectivity index (χ1n) is 5.99. The Bertz CT molecular complexity index is 734. The van der Waals surface area contributed by atoms with Crippen LogP contribution < -0.4 is 5.73 Å². The zero-order valence-corrected chi connectivity index (χ0v) is 10.6. The Morgan fingerprint density at radius 1 is 1.10 bits per heavy atom. The third-order valence-corrected chi connectivity index (χ3v) is 2.89. The molecule has 2 aromatic heterocycles. The molecule has 0 aliphatic heterocycles. The minimum absolute atomic E-state index is 0.319. The summed E-state index contributed by atoms with van der Waals surface area (Å²) in [4.78, 5) is 8.64. The van der Waals surface area contributed by atoms with Gasteiger partial charge in [0.05, 0.1) is 12.4 Å². The highest BCUT2D eigenvalue weighted by Crippen LogP contribution is 2.24. The van der Waals surface area contributed by atoms with Crippen molar-refractivity contribution in [2.75, 3.05) is 5.73 Å². The standard InChI is InChI=1S/C14H12N6/c1-9(10-5-3-2-4-6-10)13-14(15)18-11(7-16-13)12-8-17-20-19-12/h2-8H,1H2,(H2,15,18)(H,17,19,20). The van der Waals surface area contributed by atoms with Crippen molar-refractivity contribution in [2.45, 2.75) is 0 Å². The molecule has 0 amide bonds. The lowest BCUT2D eigenvalue weighted by Gasteiger charge is -2.08. The number of nitrogens with zero attached hydrogens (tertiary/aromatic N) is 4. The Morgan fingerprint density at radius 3 is 2.55 bits per heavy atom. The molecule has 1 aromatic carbocycles. The molecule has 0 fully saturated rings. The van der Waals surface area contributed by atoms with Crippen LogP contribution in [0.1, 0.15) is 11.3 Å². The first-order valence-corrected chi connectivity index (χ1v) is 5.99. The lowest BCUT2D eigenvalue weighted by atomic mass is 10.0. The molecule has 3 rings (SSSR count). The van der Waals surface area contributed by atoms with Crippen molar-refractivity contribution in [3.63, 3.8) is 0 Å². The van der Waals surface area contributed by atoms with Crippen molar-refractivity contribution in [3.8, 4) is 11.4 Å². The highest BCUT2D eigenvalue weighted by molar-refractivity contribution is 5.81. The van der Waals surface area contributed by atoms with E-state index in [4.69, 9.17) is 5.73 Å². The fourth-order valence-corrected chi connectivity index (χ4v) is 1.86. The molecule has 3 aromatic rings. The van der Waals surface area contributed by atoms with Gasteiger partial charge in [-0.2, -0.15) is 15.4 Å². The highest BCUT2D eigenvalue weighted by Gasteiger charge is 2.11. The van der Waals surface area contributed by atoms with E-state index >= 15 is 0 Å². The molecule has 0 unspecified atom stereocenters. The Balaban J connectivity index is 1.98. The Kier molecular flexibility index (Phi) is 2.96. The fraction of sp³-hybridized carbons (Fsp3) is 0. The second kappa shape index (κ2) is 4.93. The Labute approximate surface area is 115 Å². The zero-order valence-electron chi connectivity index (χ0n) is 10.6. The molecule has 2 heterocycles. The number of hydrogen-bond donors (Lipinski definition) is 2. The van der Waals surface area contributed by atoms with Crippen molar-refractivity contribution in [1.82, 2.24) is 25.4 Å². The van der Waals surface area contributed by atoms with Crippen LogP contribution >= 0.6 is 0 Å². The van der Waals surface area contributed by atoms with E-state index in [1.54, 1.807) is 12.4 Å². The third kappa shape index (κ3) is 2.14. The van der Waals surface area contributed by atoms with Crippen LogP contribution in [0.4, 0.5) is 5.82 Å². The Morgan fingerprint density at radius 2 is 1.90 bits per heavy atom. The molecule has 0 saturated carbocycles. The van der Waals surface area contributed by atoms with Crippen LogP contribution in [-0.2, 0) is 0 Å². The van der Waals surface area contributed by atoms with E-state index in [1.165, 1.54) is 0 Å². The molecule has 3 N–H and O–H groups in total. The van der Waals surface area contributed by atoms with Gasteiger partial charge in [0.15, 0.2) is 5.82 Å². The number of nitrogen functional groups attached to an aromatic ring is 1. The summed E-state index contributed by atoms with van der Waals surface area (Å²) in [6.45, 7) is 4.03. The summed E-state index contributed by atoms with van der Waals surface area (Å²) >= 11 is 0. The van der Waals surface area contributed by atoms with Gasteiger partial charge in [0.25, 0.3) is 0 Å². The average molecular weight is 264 g/mol. The van der Waals surface area contributed by atoms with Crippen LogP contribution in [-0.4, -0.2) is 25.4 Å². The monoisotopic (exact) mass is 264 g/mol. The van der Waals surface area contributed by atoms with Gasteiger partial charge in [-0.25, -0.2) is 4.98 Å². The predicted octanol–water partition coefficient (Wildman–Crippen LogP) is 1.91. The number of benzene rings is 1. The van der Waals surface area contributed by atoms with Gasteiger partial charge in [-0.05, 0) is 5.56 Å². The highest BCUT2D eigenvalue weighted by atomic mass is 15.3. The van der Waals surface area contributed by atoms with E-state index in [-0.39, 0.29) is 0 Å². The van der Waals surface area contributed by atoms with Crippen LogP contribution in [0.25, 0.3) is 17.0 Å². The van der Waals surface area contributed by atoms with Crippen molar-refractivity contribution in [1.29, 1.82) is 0 Å². The molecular weight excluding hydrogens is 252 g/mol. The molecule has 6 nitrogen and oxygen atoms in total. The van der Waals surface area contributed by atoms with Gasteiger partial charge < -0.3 is 5.73 Å². The molecule has 6 heteroatoms. The smallest absolute Gasteiger partial charge is 0.150 e. The van der Waals surface area contributed by atoms with Crippen LogP contribution in [0.3, 0.4) is 0 Å². The summed E-state index contributed by atoms with van der Waals surface area (Å²) in [5, 5.41) is 10.2. The number of H-pyrrole nitrogens is 1. The first-order chi connectivity index (χ1) is 9.75. The maximum absolute atomic E-state index is 5.97. The number of nitrogens with two attached hydrogens (primary N) is 1. The van der Waals surface area contributed by atoms with Gasteiger partial charge in [0.1, 0.15) is 17.1 Å². The maximum atomic E-state index is 5.97. The lowest BCUT2D eigenvalue weighted by molar-refractivity contribution is 0.940. The summed E-state index contributed by atoms with van der Waals surface area (Å²) in [6, 6.07) is 9.73. The minimum atomic E-state index is 0.319. The van der Waals surface area contributed by atoms with Crippen LogP contribution in [0.5, 0.6) is 0 Å². The average Bonchev–Trinajstić information content (AvgIpc) is 3.01. The summed E-state index contributed by atoms with van der Waals surface area (Å²) in [5.41, 5.74) is 9.41. The summed E-state index contributed by atoms with van der Waals surface area (Å²) in [5.74, 6) is 0.319. The van der Waals surface area contributed by atoms with E-state index in [1.807, 2.05) is 30.3 Å². The van der Waals surface area contributed by atoms with E-state index < -0.39 is 0 Å². The molecule has 0 bridgehead atoms. The fourth-order valence-electron chi connectivity index (χ4n) is 1.86. The molecule has 0 aliphatic carbocycles. The largest absolute Gasteiger partial charge is 0.382 e. The number of anilines is 1. The number of aromatic nitrogens is 5.